The van der Waals surface area contributed by atoms with Crippen LogP contribution in [0.5, 0.6) is 0 Å². The highest BCUT2D eigenvalue weighted by atomic mass is 32.2. The van der Waals surface area contributed by atoms with Crippen molar-refractivity contribution in [2.45, 2.75) is 12.8 Å². The van der Waals surface area contributed by atoms with Gasteiger partial charge in [0.15, 0.2) is 0 Å². The molecule has 0 spiro atoms. The van der Waals surface area contributed by atoms with Gasteiger partial charge in [0.25, 0.3) is 17.1 Å². The highest BCUT2D eigenvalue weighted by Gasteiger charge is 2.35. The zero-order valence-electron chi connectivity index (χ0n) is 16.3. The van der Waals surface area contributed by atoms with Crippen LogP contribution in [0.2, 0.25) is 0 Å². The zero-order valence-corrected chi connectivity index (χ0v) is 17.9. The van der Waals surface area contributed by atoms with Crippen molar-refractivity contribution < 1.29 is 19.2 Å². The van der Waals surface area contributed by atoms with Gasteiger partial charge in [0.2, 0.25) is 5.91 Å². The van der Waals surface area contributed by atoms with Crippen molar-refractivity contribution in [3.63, 3.8) is 0 Å². The summed E-state index contributed by atoms with van der Waals surface area (Å²) in [7, 11) is 0. The summed E-state index contributed by atoms with van der Waals surface area (Å²) in [6.07, 6.45) is 2.11. The summed E-state index contributed by atoms with van der Waals surface area (Å²) in [6, 6.07) is 12.6. The van der Waals surface area contributed by atoms with E-state index in [2.05, 4.69) is 10.4 Å². The number of thiophene rings is 1. The molecule has 2 aliphatic rings. The monoisotopic (exact) mass is 454 g/mol. The number of hydrogen-bond donors (Lipinski definition) is 1. The Hall–Kier alpha value is -3.24. The van der Waals surface area contributed by atoms with Crippen LogP contribution in [0.4, 0.5) is 10.5 Å². The number of benzene rings is 1. The van der Waals surface area contributed by atoms with Crippen molar-refractivity contribution in [2.75, 3.05) is 18.1 Å². The van der Waals surface area contributed by atoms with Gasteiger partial charge in [0, 0.05) is 30.8 Å². The number of anilines is 1. The molecule has 4 amide bonds. The third-order valence-corrected chi connectivity index (χ3v) is 6.33. The van der Waals surface area contributed by atoms with Gasteiger partial charge < -0.3 is 5.32 Å². The van der Waals surface area contributed by atoms with Crippen molar-refractivity contribution >= 4 is 63.5 Å². The Bertz CT molecular complexity index is 1080. The largest absolute Gasteiger partial charge is 0.349 e. The topological polar surface area (TPSA) is 99.2 Å². The molecule has 1 aromatic heterocycles. The third kappa shape index (κ3) is 4.75. The second kappa shape index (κ2) is 9.27. The second-order valence-corrected chi connectivity index (χ2v) is 8.66. The van der Waals surface area contributed by atoms with Crippen LogP contribution in [0, 0.1) is 0 Å². The molecule has 1 fully saturated rings. The van der Waals surface area contributed by atoms with E-state index in [0.717, 1.165) is 21.5 Å². The minimum absolute atomic E-state index is 0.0623. The smallest absolute Gasteiger partial charge is 0.293 e. The molecule has 0 radical (unpaired) electrons. The molecule has 158 valence electrons. The number of carbonyl (C=O) groups excluding carboxylic acids is 4. The van der Waals surface area contributed by atoms with Gasteiger partial charge in [-0.1, -0.05) is 24.3 Å². The van der Waals surface area contributed by atoms with Gasteiger partial charge in [-0.2, -0.15) is 5.10 Å². The van der Waals surface area contributed by atoms with E-state index in [0.29, 0.717) is 10.6 Å². The fraction of sp³-hybridized carbons (Fsp3) is 0.190. The summed E-state index contributed by atoms with van der Waals surface area (Å²) in [4.78, 5) is 51.7. The van der Waals surface area contributed by atoms with Crippen LogP contribution >= 0.6 is 23.1 Å². The van der Waals surface area contributed by atoms with Crippen molar-refractivity contribution in [1.82, 2.24) is 10.2 Å². The Kier molecular flexibility index (Phi) is 6.28. The first-order valence-electron chi connectivity index (χ1n) is 9.55. The number of amides is 4. The molecular formula is C21H18N4O4S2. The maximum absolute atomic E-state index is 12.5. The molecule has 3 heterocycles. The predicted octanol–water partition coefficient (Wildman–Crippen LogP) is 3.08. The first-order chi connectivity index (χ1) is 15.0. The minimum atomic E-state index is -0.422. The fourth-order valence-electron chi connectivity index (χ4n) is 3.07. The molecule has 2 aromatic rings. The summed E-state index contributed by atoms with van der Waals surface area (Å²) in [6.45, 7) is 0.161. The van der Waals surface area contributed by atoms with E-state index in [4.69, 9.17) is 0 Å². The number of nitrogens with zero attached hydrogens (tertiary/aromatic N) is 3. The number of para-hydroxylation sites is 1. The lowest BCUT2D eigenvalue weighted by Gasteiger charge is -2.23. The van der Waals surface area contributed by atoms with E-state index in [1.165, 1.54) is 16.3 Å². The quantitative estimate of drug-likeness (QED) is 0.677. The number of carbonyl (C=O) groups is 4. The van der Waals surface area contributed by atoms with Gasteiger partial charge in [0.1, 0.15) is 5.71 Å². The summed E-state index contributed by atoms with van der Waals surface area (Å²) >= 11 is 2.37. The average Bonchev–Trinajstić information content (AvgIpc) is 3.38. The van der Waals surface area contributed by atoms with Crippen molar-refractivity contribution in [3.05, 3.63) is 57.6 Å². The van der Waals surface area contributed by atoms with Crippen LogP contribution in [0.3, 0.4) is 0 Å². The number of hydrazone groups is 1. The molecule has 0 atom stereocenters. The number of imide groups is 1. The molecule has 8 nitrogen and oxygen atoms in total. The summed E-state index contributed by atoms with van der Waals surface area (Å²) in [5, 5.41) is 9.64. The molecule has 2 aliphatic heterocycles. The minimum Gasteiger partial charge on any atom is -0.349 e. The Morgan fingerprint density at radius 1 is 1.10 bits per heavy atom. The second-order valence-electron chi connectivity index (χ2n) is 6.69. The summed E-state index contributed by atoms with van der Waals surface area (Å²) < 4.78 is 0. The number of rotatable bonds is 6. The summed E-state index contributed by atoms with van der Waals surface area (Å²) in [5.41, 5.74) is 0.822. The molecule has 0 aliphatic carbocycles. The Morgan fingerprint density at radius 3 is 2.65 bits per heavy atom. The lowest BCUT2D eigenvalue weighted by Crippen LogP contribution is -2.42. The van der Waals surface area contributed by atoms with Gasteiger partial charge in [0.05, 0.1) is 10.6 Å². The van der Waals surface area contributed by atoms with Crippen LogP contribution in [0.25, 0.3) is 6.08 Å². The lowest BCUT2D eigenvalue weighted by molar-refractivity contribution is -0.123. The molecular weight excluding hydrogens is 436 g/mol. The average molecular weight is 455 g/mol. The Morgan fingerprint density at radius 2 is 1.90 bits per heavy atom. The first kappa shape index (κ1) is 21.0. The van der Waals surface area contributed by atoms with E-state index >= 15 is 0 Å². The van der Waals surface area contributed by atoms with E-state index in [-0.39, 0.29) is 48.7 Å². The van der Waals surface area contributed by atoms with Crippen molar-refractivity contribution in [2.24, 2.45) is 5.10 Å². The van der Waals surface area contributed by atoms with Crippen molar-refractivity contribution in [1.29, 1.82) is 0 Å². The third-order valence-electron chi connectivity index (χ3n) is 4.61. The first-order valence-corrected chi connectivity index (χ1v) is 11.2. The number of thioether (sulfide) groups is 1. The van der Waals surface area contributed by atoms with E-state index in [1.54, 1.807) is 30.3 Å². The Labute approximate surface area is 186 Å². The molecule has 1 aromatic carbocycles. The highest BCUT2D eigenvalue weighted by Crippen LogP contribution is 2.32. The van der Waals surface area contributed by atoms with Gasteiger partial charge in [-0.3, -0.25) is 24.1 Å². The fourth-order valence-corrected chi connectivity index (χ4v) is 4.65. The maximum atomic E-state index is 12.5. The molecule has 0 unspecified atom stereocenters. The van der Waals surface area contributed by atoms with Gasteiger partial charge in [-0.25, -0.2) is 5.01 Å². The lowest BCUT2D eigenvalue weighted by atomic mass is 10.1. The molecule has 31 heavy (non-hydrogen) atoms. The van der Waals surface area contributed by atoms with Gasteiger partial charge in [-0.05, 0) is 41.4 Å². The predicted molar refractivity (Wildman–Crippen MR) is 121 cm³/mol. The Balaban J connectivity index is 1.35. The SMILES string of the molecule is O=C(NCCN1C(=O)SC(=Cc2cccs2)C1=O)C1=NN(c2ccccc2)C(=O)CC1. The number of hydrogen-bond acceptors (Lipinski definition) is 7. The van der Waals surface area contributed by atoms with E-state index in [9.17, 15) is 19.2 Å². The van der Waals surface area contributed by atoms with E-state index in [1.807, 2.05) is 23.6 Å². The van der Waals surface area contributed by atoms with Crippen LogP contribution in [0.15, 0.2) is 57.9 Å². The van der Waals surface area contributed by atoms with Crippen LogP contribution in [-0.2, 0) is 14.4 Å². The molecule has 0 bridgehead atoms. The van der Waals surface area contributed by atoms with Crippen molar-refractivity contribution in [3.8, 4) is 0 Å². The standard InChI is InChI=1S/C21H18N4O4S2/c26-18-9-8-16(23-25(18)14-5-2-1-3-6-14)19(27)22-10-11-24-20(28)17(31-21(24)29)13-15-7-4-12-30-15/h1-7,12-13H,8-11H2,(H,22,27). The van der Waals surface area contributed by atoms with E-state index < -0.39 is 5.91 Å². The molecule has 1 N–H and O–H groups in total. The molecule has 10 heteroatoms. The zero-order chi connectivity index (χ0) is 21.8. The normalized spacial score (nSPS) is 18.0. The van der Waals surface area contributed by atoms with Crippen LogP contribution in [-0.4, -0.2) is 46.7 Å². The van der Waals surface area contributed by atoms with Gasteiger partial charge in [-0.15, -0.1) is 11.3 Å². The highest BCUT2D eigenvalue weighted by molar-refractivity contribution is 8.18. The van der Waals surface area contributed by atoms with Crippen LogP contribution < -0.4 is 10.3 Å². The molecule has 1 saturated heterocycles. The molecule has 0 saturated carbocycles. The molecule has 4 rings (SSSR count). The van der Waals surface area contributed by atoms with Gasteiger partial charge >= 0.3 is 0 Å². The summed E-state index contributed by atoms with van der Waals surface area (Å²) in [5.74, 6) is -0.971. The maximum Gasteiger partial charge on any atom is 0.293 e. The number of nitrogens with one attached hydrogen (secondary N) is 1. The van der Waals surface area contributed by atoms with Crippen LogP contribution in [0.1, 0.15) is 17.7 Å².